The number of halogens is 1. The van der Waals surface area contributed by atoms with Crippen LogP contribution in [0.25, 0.3) is 11.1 Å². The summed E-state index contributed by atoms with van der Waals surface area (Å²) in [5.41, 5.74) is 5.96. The molecule has 4 rings (SSSR count). The normalized spacial score (nSPS) is 11.2. The number of benzene rings is 4. The van der Waals surface area contributed by atoms with Crippen LogP contribution in [0, 0.1) is 0 Å². The predicted octanol–water partition coefficient (Wildman–Crippen LogP) is 6.98. The van der Waals surface area contributed by atoms with E-state index in [4.69, 9.17) is 21.2 Å². The summed E-state index contributed by atoms with van der Waals surface area (Å²) in [6, 6.07) is 34.0. The summed E-state index contributed by atoms with van der Waals surface area (Å²) in [7, 11) is 1.54. The van der Waals surface area contributed by atoms with Gasteiger partial charge >= 0.3 is 0 Å². The van der Waals surface area contributed by atoms with E-state index >= 15 is 0 Å². The molecule has 0 fully saturated rings. The smallest absolute Gasteiger partial charge is 0.119 e. The highest BCUT2D eigenvalue weighted by Gasteiger charge is 2.13. The van der Waals surface area contributed by atoms with Crippen LogP contribution in [0.15, 0.2) is 108 Å². The molecule has 3 nitrogen and oxygen atoms in total. The lowest BCUT2D eigenvalue weighted by molar-refractivity contribution is 0.214. The third-order valence-corrected chi connectivity index (χ3v) is 5.18. The minimum atomic E-state index is 0.414. The maximum absolute atomic E-state index is 6.09. The molecule has 0 aliphatic rings. The first-order chi connectivity index (χ1) is 15.2. The summed E-state index contributed by atoms with van der Waals surface area (Å²) < 4.78 is 6.09. The van der Waals surface area contributed by atoms with E-state index < -0.39 is 0 Å². The Morgan fingerprint density at radius 2 is 1.39 bits per heavy atom. The molecule has 0 unspecified atom stereocenters. The Kier molecular flexibility index (Phi) is 6.65. The Bertz CT molecular complexity index is 1150. The van der Waals surface area contributed by atoms with Crippen LogP contribution in [-0.4, -0.2) is 12.8 Å². The molecule has 0 atom stereocenters. The highest BCUT2D eigenvalue weighted by molar-refractivity contribution is 6.30. The quantitative estimate of drug-likeness (QED) is 0.235. The zero-order valence-electron chi connectivity index (χ0n) is 17.2. The molecule has 0 radical (unpaired) electrons. The summed E-state index contributed by atoms with van der Waals surface area (Å²) in [4.78, 5) is 5.13. The van der Waals surface area contributed by atoms with Crippen molar-refractivity contribution >= 4 is 17.3 Å². The number of ether oxygens (including phenoxy) is 1. The van der Waals surface area contributed by atoms with Gasteiger partial charge in [0.1, 0.15) is 25.2 Å². The molecular formula is C27H22ClNO2. The second-order valence-electron chi connectivity index (χ2n) is 6.97. The lowest BCUT2D eigenvalue weighted by Crippen LogP contribution is -2.09. The van der Waals surface area contributed by atoms with Crippen LogP contribution in [0.1, 0.15) is 16.7 Å². The number of nitrogens with zero attached hydrogens (tertiary/aromatic N) is 1. The molecular weight excluding hydrogens is 406 g/mol. The van der Waals surface area contributed by atoms with Gasteiger partial charge in [-0.15, -0.1) is 0 Å². The number of oxime groups is 1. The van der Waals surface area contributed by atoms with Crippen LogP contribution in [0.4, 0.5) is 0 Å². The van der Waals surface area contributed by atoms with Crippen molar-refractivity contribution < 1.29 is 9.57 Å². The molecule has 0 spiro atoms. The average Bonchev–Trinajstić information content (AvgIpc) is 2.83. The molecule has 31 heavy (non-hydrogen) atoms. The second-order valence-corrected chi connectivity index (χ2v) is 7.40. The average molecular weight is 428 g/mol. The molecule has 0 heterocycles. The Morgan fingerprint density at radius 1 is 0.742 bits per heavy atom. The molecule has 0 saturated carbocycles. The van der Waals surface area contributed by atoms with E-state index in [2.05, 4.69) is 29.4 Å². The van der Waals surface area contributed by atoms with Crippen LogP contribution in [-0.2, 0) is 11.4 Å². The summed E-state index contributed by atoms with van der Waals surface area (Å²) >= 11 is 6.05. The molecule has 0 amide bonds. The van der Waals surface area contributed by atoms with Gasteiger partial charge < -0.3 is 9.57 Å². The van der Waals surface area contributed by atoms with Gasteiger partial charge in [-0.05, 0) is 41.0 Å². The number of hydrogen-bond donors (Lipinski definition) is 0. The Hall–Kier alpha value is -3.56. The fraction of sp³-hybridized carbons (Fsp3) is 0.0741. The minimum absolute atomic E-state index is 0.414. The number of hydrogen-bond acceptors (Lipinski definition) is 3. The third kappa shape index (κ3) is 5.14. The van der Waals surface area contributed by atoms with Crippen molar-refractivity contribution in [2.75, 3.05) is 7.11 Å². The fourth-order valence-electron chi connectivity index (χ4n) is 3.37. The summed E-state index contributed by atoms with van der Waals surface area (Å²) in [5, 5.41) is 4.95. The van der Waals surface area contributed by atoms with Gasteiger partial charge in [0.2, 0.25) is 0 Å². The zero-order valence-corrected chi connectivity index (χ0v) is 17.9. The third-order valence-electron chi connectivity index (χ3n) is 4.93. The van der Waals surface area contributed by atoms with Crippen molar-refractivity contribution in [3.8, 4) is 16.9 Å². The number of rotatable bonds is 7. The highest BCUT2D eigenvalue weighted by atomic mass is 35.5. The van der Waals surface area contributed by atoms with Gasteiger partial charge in [-0.1, -0.05) is 95.6 Å². The molecule has 0 aromatic heterocycles. The SMILES string of the molecule is CO/N=C(/c1ccc(Cl)cc1)c1ccccc1COc1ccc(-c2ccccc2)cc1. The van der Waals surface area contributed by atoms with E-state index in [-0.39, 0.29) is 0 Å². The predicted molar refractivity (Wildman–Crippen MR) is 127 cm³/mol. The van der Waals surface area contributed by atoms with E-state index in [9.17, 15) is 0 Å². The van der Waals surface area contributed by atoms with Crippen LogP contribution < -0.4 is 4.74 Å². The Labute approximate surface area is 187 Å². The summed E-state index contributed by atoms with van der Waals surface area (Å²) in [6.45, 7) is 0.414. The van der Waals surface area contributed by atoms with Crippen LogP contribution >= 0.6 is 11.6 Å². The van der Waals surface area contributed by atoms with E-state index in [0.29, 0.717) is 11.6 Å². The lowest BCUT2D eigenvalue weighted by Gasteiger charge is -2.13. The van der Waals surface area contributed by atoms with Gasteiger partial charge in [-0.2, -0.15) is 0 Å². The molecule has 0 aliphatic carbocycles. The maximum Gasteiger partial charge on any atom is 0.119 e. The zero-order chi connectivity index (χ0) is 21.5. The van der Waals surface area contributed by atoms with Gasteiger partial charge in [0.25, 0.3) is 0 Å². The second kappa shape index (κ2) is 9.96. The first-order valence-corrected chi connectivity index (χ1v) is 10.4. The van der Waals surface area contributed by atoms with Gasteiger partial charge in [0, 0.05) is 16.1 Å². The van der Waals surface area contributed by atoms with E-state index in [0.717, 1.165) is 33.7 Å². The van der Waals surface area contributed by atoms with Crippen molar-refractivity contribution in [3.63, 3.8) is 0 Å². The van der Waals surface area contributed by atoms with E-state index in [1.54, 1.807) is 7.11 Å². The molecule has 0 N–H and O–H groups in total. The van der Waals surface area contributed by atoms with Crippen LogP contribution in [0.2, 0.25) is 5.02 Å². The Balaban J connectivity index is 1.55. The monoisotopic (exact) mass is 427 g/mol. The topological polar surface area (TPSA) is 30.8 Å². The highest BCUT2D eigenvalue weighted by Crippen LogP contribution is 2.24. The van der Waals surface area contributed by atoms with Gasteiger partial charge in [-0.3, -0.25) is 0 Å². The van der Waals surface area contributed by atoms with Crippen molar-refractivity contribution in [2.24, 2.45) is 5.16 Å². The van der Waals surface area contributed by atoms with Crippen molar-refractivity contribution in [2.45, 2.75) is 6.61 Å². The fourth-order valence-corrected chi connectivity index (χ4v) is 3.49. The van der Waals surface area contributed by atoms with Crippen LogP contribution in [0.3, 0.4) is 0 Å². The Morgan fingerprint density at radius 3 is 2.10 bits per heavy atom. The standard InChI is InChI=1S/C27H22ClNO2/c1-30-29-27(22-11-15-24(28)16-12-22)26-10-6-5-9-23(26)19-31-25-17-13-21(14-18-25)20-7-3-2-4-8-20/h2-18H,19H2,1H3/b29-27-. The summed E-state index contributed by atoms with van der Waals surface area (Å²) in [5.74, 6) is 0.811. The van der Waals surface area contributed by atoms with E-state index in [1.165, 1.54) is 5.56 Å². The molecule has 4 heteroatoms. The van der Waals surface area contributed by atoms with Gasteiger partial charge in [0.15, 0.2) is 0 Å². The molecule has 154 valence electrons. The molecule has 4 aromatic rings. The maximum atomic E-state index is 6.09. The molecule has 0 bridgehead atoms. The van der Waals surface area contributed by atoms with E-state index in [1.807, 2.05) is 78.9 Å². The first-order valence-electron chi connectivity index (χ1n) is 9.98. The molecule has 4 aromatic carbocycles. The van der Waals surface area contributed by atoms with Crippen LogP contribution in [0.5, 0.6) is 5.75 Å². The first kappa shape index (κ1) is 20.7. The van der Waals surface area contributed by atoms with Gasteiger partial charge in [0.05, 0.1) is 0 Å². The van der Waals surface area contributed by atoms with Crippen molar-refractivity contribution in [3.05, 3.63) is 125 Å². The summed E-state index contributed by atoms with van der Waals surface area (Å²) in [6.07, 6.45) is 0. The lowest BCUT2D eigenvalue weighted by atomic mass is 9.98. The molecule has 0 saturated heterocycles. The largest absolute Gasteiger partial charge is 0.489 e. The van der Waals surface area contributed by atoms with Crippen molar-refractivity contribution in [1.82, 2.24) is 0 Å². The minimum Gasteiger partial charge on any atom is -0.489 e. The molecule has 0 aliphatic heterocycles. The van der Waals surface area contributed by atoms with Gasteiger partial charge in [-0.25, -0.2) is 0 Å². The van der Waals surface area contributed by atoms with Crippen molar-refractivity contribution in [1.29, 1.82) is 0 Å².